The smallest absolute Gasteiger partial charge is 0.267 e. The van der Waals surface area contributed by atoms with Crippen LogP contribution in [0.4, 0.5) is 0 Å². The number of aryl methyl sites for hydroxylation is 3. The van der Waals surface area contributed by atoms with E-state index in [1.165, 1.54) is 0 Å². The quantitative estimate of drug-likeness (QED) is 0.858. The molecule has 1 fully saturated rings. The van der Waals surface area contributed by atoms with Crippen LogP contribution < -0.4 is 5.56 Å². The predicted octanol–water partition coefficient (Wildman–Crippen LogP) is 1.94. The van der Waals surface area contributed by atoms with Crippen molar-refractivity contribution in [2.24, 2.45) is 5.92 Å². The minimum atomic E-state index is 0.0650. The first-order chi connectivity index (χ1) is 11.7. The molecule has 1 aliphatic carbocycles. The van der Waals surface area contributed by atoms with Gasteiger partial charge in [-0.05, 0) is 63.6 Å². The van der Waals surface area contributed by atoms with Crippen LogP contribution in [0, 0.1) is 12.8 Å². The summed E-state index contributed by atoms with van der Waals surface area (Å²) in [7, 11) is 0. The van der Waals surface area contributed by atoms with Crippen LogP contribution in [0.3, 0.4) is 0 Å². The summed E-state index contributed by atoms with van der Waals surface area (Å²) in [5.41, 5.74) is 3.29. The second kappa shape index (κ2) is 6.51. The molecule has 6 nitrogen and oxygen atoms in total. The van der Waals surface area contributed by atoms with Crippen LogP contribution in [0.25, 0.3) is 0 Å². The van der Waals surface area contributed by atoms with Crippen molar-refractivity contribution in [2.75, 3.05) is 13.1 Å². The maximum absolute atomic E-state index is 12.2. The summed E-state index contributed by atoms with van der Waals surface area (Å²) in [4.78, 5) is 14.6. The number of hydrogen-bond acceptors (Lipinski definition) is 5. The highest BCUT2D eigenvalue weighted by atomic mass is 16.5. The Morgan fingerprint density at radius 3 is 2.83 bits per heavy atom. The molecule has 0 spiro atoms. The van der Waals surface area contributed by atoms with Gasteiger partial charge in [-0.25, -0.2) is 4.68 Å². The van der Waals surface area contributed by atoms with E-state index in [1.807, 2.05) is 13.0 Å². The van der Waals surface area contributed by atoms with Crippen molar-refractivity contribution in [1.82, 2.24) is 19.8 Å². The van der Waals surface area contributed by atoms with Crippen molar-refractivity contribution in [2.45, 2.75) is 52.1 Å². The van der Waals surface area contributed by atoms with Gasteiger partial charge in [-0.2, -0.15) is 5.10 Å². The number of fused-ring (bicyclic) bond motifs is 1. The molecular weight excluding hydrogens is 304 g/mol. The molecule has 4 rings (SSSR count). The van der Waals surface area contributed by atoms with Crippen LogP contribution in [-0.4, -0.2) is 32.9 Å². The van der Waals surface area contributed by atoms with E-state index in [4.69, 9.17) is 4.52 Å². The van der Waals surface area contributed by atoms with Gasteiger partial charge < -0.3 is 4.52 Å². The number of piperidine rings is 1. The molecule has 6 heteroatoms. The Labute approximate surface area is 141 Å². The molecule has 2 aromatic rings. The minimum Gasteiger partial charge on any atom is -0.360 e. The molecule has 0 amide bonds. The fraction of sp³-hybridized carbons (Fsp3) is 0.611. The zero-order valence-electron chi connectivity index (χ0n) is 14.2. The summed E-state index contributed by atoms with van der Waals surface area (Å²) >= 11 is 0. The lowest BCUT2D eigenvalue weighted by Crippen LogP contribution is -2.36. The van der Waals surface area contributed by atoms with Gasteiger partial charge in [0.05, 0.1) is 17.9 Å². The summed E-state index contributed by atoms with van der Waals surface area (Å²) in [5.74, 6) is 1.46. The molecule has 1 aliphatic heterocycles. The van der Waals surface area contributed by atoms with Gasteiger partial charge in [-0.3, -0.25) is 9.69 Å². The van der Waals surface area contributed by atoms with Gasteiger partial charge in [0.1, 0.15) is 0 Å². The molecule has 0 aromatic carbocycles. The number of likely N-dealkylation sites (tertiary alicyclic amines) is 1. The third-order valence-corrected chi connectivity index (χ3v) is 5.22. The Morgan fingerprint density at radius 1 is 1.25 bits per heavy atom. The molecule has 2 aromatic heterocycles. The Hall–Kier alpha value is -1.95. The topological polar surface area (TPSA) is 64.2 Å². The van der Waals surface area contributed by atoms with E-state index >= 15 is 0 Å². The fourth-order valence-corrected chi connectivity index (χ4v) is 3.85. The molecule has 2 aliphatic rings. The van der Waals surface area contributed by atoms with Crippen molar-refractivity contribution in [3.63, 3.8) is 0 Å². The summed E-state index contributed by atoms with van der Waals surface area (Å²) < 4.78 is 7.00. The van der Waals surface area contributed by atoms with E-state index in [-0.39, 0.29) is 5.56 Å². The van der Waals surface area contributed by atoms with E-state index in [0.717, 1.165) is 81.0 Å². The molecule has 24 heavy (non-hydrogen) atoms. The second-order valence-electron chi connectivity index (χ2n) is 7.14. The zero-order chi connectivity index (χ0) is 16.5. The first-order valence-corrected chi connectivity index (χ1v) is 8.92. The largest absolute Gasteiger partial charge is 0.360 e. The van der Waals surface area contributed by atoms with Crippen LogP contribution in [0.1, 0.15) is 42.0 Å². The fourth-order valence-electron chi connectivity index (χ4n) is 3.85. The van der Waals surface area contributed by atoms with Crippen molar-refractivity contribution in [3.8, 4) is 0 Å². The molecule has 128 valence electrons. The highest BCUT2D eigenvalue weighted by Gasteiger charge is 2.22. The lowest BCUT2D eigenvalue weighted by molar-refractivity contribution is 0.150. The highest BCUT2D eigenvalue weighted by molar-refractivity contribution is 5.22. The van der Waals surface area contributed by atoms with Gasteiger partial charge in [0.15, 0.2) is 5.76 Å². The van der Waals surface area contributed by atoms with Crippen molar-refractivity contribution in [1.29, 1.82) is 0 Å². The van der Waals surface area contributed by atoms with Gasteiger partial charge in [-0.15, -0.1) is 0 Å². The third-order valence-electron chi connectivity index (χ3n) is 5.22. The number of nitrogens with zero attached hydrogens (tertiary/aromatic N) is 4. The average Bonchev–Trinajstić information content (AvgIpc) is 3.18. The Balaban J connectivity index is 1.34. The van der Waals surface area contributed by atoms with Crippen LogP contribution in [0.2, 0.25) is 0 Å². The molecule has 0 radical (unpaired) electrons. The van der Waals surface area contributed by atoms with Crippen molar-refractivity contribution >= 4 is 0 Å². The summed E-state index contributed by atoms with van der Waals surface area (Å²) in [5, 5.41) is 8.55. The van der Waals surface area contributed by atoms with Gasteiger partial charge in [0.2, 0.25) is 0 Å². The molecule has 0 atom stereocenters. The lowest BCUT2D eigenvalue weighted by atomic mass is 9.96. The molecule has 0 unspecified atom stereocenters. The Bertz CT molecular complexity index is 772. The Morgan fingerprint density at radius 2 is 2.08 bits per heavy atom. The standard InChI is InChI=1S/C18H24N4O2/c1-13-9-16(24-20-13)12-21-7-5-14(6-8-21)11-22-18(23)10-15-3-2-4-17(15)19-22/h9-10,14H,2-8,11-12H2,1H3. The second-order valence-corrected chi connectivity index (χ2v) is 7.14. The zero-order valence-corrected chi connectivity index (χ0v) is 14.2. The van der Waals surface area contributed by atoms with E-state index in [0.29, 0.717) is 5.92 Å². The van der Waals surface area contributed by atoms with Crippen molar-refractivity contribution in [3.05, 3.63) is 45.2 Å². The Kier molecular flexibility index (Phi) is 4.22. The van der Waals surface area contributed by atoms with Crippen LogP contribution in [0.15, 0.2) is 21.5 Å². The summed E-state index contributed by atoms with van der Waals surface area (Å²) in [6.07, 6.45) is 5.35. The van der Waals surface area contributed by atoms with E-state index in [1.54, 1.807) is 10.7 Å². The predicted molar refractivity (Wildman–Crippen MR) is 89.8 cm³/mol. The van der Waals surface area contributed by atoms with Gasteiger partial charge >= 0.3 is 0 Å². The minimum absolute atomic E-state index is 0.0650. The number of hydrogen-bond donors (Lipinski definition) is 0. The lowest BCUT2D eigenvalue weighted by Gasteiger charge is -2.31. The SMILES string of the molecule is Cc1cc(CN2CCC(Cn3nc4c(cc3=O)CCC4)CC2)on1. The third kappa shape index (κ3) is 3.29. The summed E-state index contributed by atoms with van der Waals surface area (Å²) in [6, 6.07) is 3.80. The highest BCUT2D eigenvalue weighted by Crippen LogP contribution is 2.21. The van der Waals surface area contributed by atoms with E-state index < -0.39 is 0 Å². The summed E-state index contributed by atoms with van der Waals surface area (Å²) in [6.45, 7) is 5.58. The molecular formula is C18H24N4O2. The van der Waals surface area contributed by atoms with Crippen LogP contribution in [-0.2, 0) is 25.9 Å². The first-order valence-electron chi connectivity index (χ1n) is 8.92. The number of aromatic nitrogens is 3. The van der Waals surface area contributed by atoms with Crippen LogP contribution in [0.5, 0.6) is 0 Å². The molecule has 0 N–H and O–H groups in total. The van der Waals surface area contributed by atoms with Crippen molar-refractivity contribution < 1.29 is 4.52 Å². The maximum atomic E-state index is 12.2. The maximum Gasteiger partial charge on any atom is 0.267 e. The molecule has 3 heterocycles. The van der Waals surface area contributed by atoms with Gasteiger partial charge in [0, 0.05) is 18.7 Å². The first kappa shape index (κ1) is 15.6. The van der Waals surface area contributed by atoms with E-state index in [2.05, 4.69) is 15.2 Å². The van der Waals surface area contributed by atoms with Gasteiger partial charge in [-0.1, -0.05) is 5.16 Å². The van der Waals surface area contributed by atoms with Gasteiger partial charge in [0.25, 0.3) is 5.56 Å². The van der Waals surface area contributed by atoms with Crippen LogP contribution >= 0.6 is 0 Å². The monoisotopic (exact) mass is 328 g/mol. The average molecular weight is 328 g/mol. The normalized spacial score (nSPS) is 18.9. The molecule has 0 bridgehead atoms. The molecule has 0 saturated carbocycles. The number of rotatable bonds is 4. The molecule has 1 saturated heterocycles. The van der Waals surface area contributed by atoms with E-state index in [9.17, 15) is 4.79 Å².